The molecule has 12 heteroatoms. The third-order valence-corrected chi connectivity index (χ3v) is 9.27. The van der Waals surface area contributed by atoms with Gasteiger partial charge in [-0.15, -0.1) is 0 Å². The van der Waals surface area contributed by atoms with E-state index in [0.29, 0.717) is 24.2 Å². The van der Waals surface area contributed by atoms with E-state index in [1.165, 1.54) is 4.90 Å². The Kier molecular flexibility index (Phi) is 7.81. The first-order chi connectivity index (χ1) is 20.6. The summed E-state index contributed by atoms with van der Waals surface area (Å²) in [5, 5.41) is 50.7. The maximum atomic E-state index is 14.2. The Labute approximate surface area is 255 Å². The van der Waals surface area contributed by atoms with Crippen LogP contribution in [-0.2, 0) is 34.4 Å². The smallest absolute Gasteiger partial charge is 0.255 e. The number of phenolic OH excluding ortho intramolecular Hbond substituents is 1. The molecule has 1 saturated carbocycles. The number of aromatic nitrogens is 2. The number of fused-ring (bicyclic) bond motifs is 3. The van der Waals surface area contributed by atoms with Crippen LogP contribution in [0, 0.1) is 11.8 Å². The van der Waals surface area contributed by atoms with Gasteiger partial charge in [0.1, 0.15) is 22.8 Å². The van der Waals surface area contributed by atoms with Gasteiger partial charge in [0.05, 0.1) is 17.8 Å². The predicted molar refractivity (Wildman–Crippen MR) is 162 cm³/mol. The lowest BCUT2D eigenvalue weighted by Gasteiger charge is -2.50. The van der Waals surface area contributed by atoms with Crippen LogP contribution in [0.4, 0.5) is 0 Å². The number of aromatic hydroxyl groups is 1. The lowest BCUT2D eigenvalue weighted by Crippen LogP contribution is -2.65. The molecule has 1 amide bonds. The number of phenols is 1. The Morgan fingerprint density at radius 3 is 2.48 bits per heavy atom. The van der Waals surface area contributed by atoms with Crippen molar-refractivity contribution >= 4 is 23.2 Å². The lowest BCUT2D eigenvalue weighted by molar-refractivity contribution is -0.153. The summed E-state index contributed by atoms with van der Waals surface area (Å²) in [5.41, 5.74) is 5.48. The number of hydrogen-bond acceptors (Lipinski definition) is 10. The molecule has 1 heterocycles. The molecule has 1 aromatic carbocycles. The summed E-state index contributed by atoms with van der Waals surface area (Å²) in [6.07, 6.45) is 5.72. The van der Waals surface area contributed by atoms with Crippen LogP contribution in [0.2, 0.25) is 0 Å². The summed E-state index contributed by atoms with van der Waals surface area (Å²) in [5.74, 6) is -6.73. The fraction of sp³-hybridized carbons (Fsp3) is 0.438. The molecule has 0 spiro atoms. The van der Waals surface area contributed by atoms with Crippen molar-refractivity contribution in [3.63, 3.8) is 0 Å². The van der Waals surface area contributed by atoms with E-state index in [4.69, 9.17) is 5.73 Å². The summed E-state index contributed by atoms with van der Waals surface area (Å²) in [7, 11) is 6.83. The number of allylic oxidation sites excluding steroid dienone is 1. The van der Waals surface area contributed by atoms with E-state index in [1.807, 2.05) is 44.1 Å². The Bertz CT molecular complexity index is 1680. The van der Waals surface area contributed by atoms with Crippen LogP contribution in [0.25, 0.3) is 16.9 Å². The summed E-state index contributed by atoms with van der Waals surface area (Å²) in [4.78, 5) is 43.3. The number of ketones is 2. The molecule has 0 radical (unpaired) electrons. The highest BCUT2D eigenvalue weighted by atomic mass is 16.3. The SMILES string of the molecule is C/C=C(\C)CN(C)Cc1cc(-c2cnn(C)c2)c2c(c1O)C(O)=C1C(=O)[C@]3(O)C(O)=C(C(N)=O)C(=O)[C@@H](N(C)C)[C@@H]3C[C@@H]1C2. The number of Topliss-reactive ketones (excluding diaryl/α,β-unsaturated/α-hetero) is 2. The topological polar surface area (TPSA) is 182 Å². The molecule has 3 aliphatic carbocycles. The van der Waals surface area contributed by atoms with Gasteiger partial charge >= 0.3 is 0 Å². The van der Waals surface area contributed by atoms with Gasteiger partial charge in [0.15, 0.2) is 11.4 Å². The Morgan fingerprint density at radius 2 is 1.91 bits per heavy atom. The molecular weight excluding hydrogens is 566 g/mol. The molecule has 6 N–H and O–H groups in total. The molecular formula is C32H39N5O7. The highest BCUT2D eigenvalue weighted by molar-refractivity contribution is 6.24. The van der Waals surface area contributed by atoms with Gasteiger partial charge in [0, 0.05) is 49.0 Å². The molecule has 3 aliphatic rings. The minimum atomic E-state index is -2.69. The molecule has 5 rings (SSSR count). The number of aliphatic hydroxyl groups is 3. The normalized spacial score (nSPS) is 25.5. The summed E-state index contributed by atoms with van der Waals surface area (Å²) in [6.45, 7) is 4.90. The third kappa shape index (κ3) is 4.64. The molecule has 2 aromatic rings. The molecule has 12 nitrogen and oxygen atoms in total. The van der Waals surface area contributed by atoms with Crippen LogP contribution in [0.5, 0.6) is 5.75 Å². The highest BCUT2D eigenvalue weighted by Crippen LogP contribution is 2.54. The number of nitrogens with two attached hydrogens (primary N) is 1. The van der Waals surface area contributed by atoms with E-state index in [-0.39, 0.29) is 29.7 Å². The number of hydrogen-bond donors (Lipinski definition) is 5. The average molecular weight is 606 g/mol. The fourth-order valence-electron chi connectivity index (χ4n) is 7.17. The molecule has 4 atom stereocenters. The number of carbonyl (C=O) groups is 3. The number of nitrogens with zero attached hydrogens (tertiary/aromatic N) is 4. The monoisotopic (exact) mass is 605 g/mol. The van der Waals surface area contributed by atoms with E-state index < -0.39 is 58.0 Å². The quantitative estimate of drug-likeness (QED) is 0.230. The number of amides is 1. The van der Waals surface area contributed by atoms with E-state index in [2.05, 4.69) is 5.10 Å². The summed E-state index contributed by atoms with van der Waals surface area (Å²) >= 11 is 0. The van der Waals surface area contributed by atoms with Gasteiger partial charge in [-0.25, -0.2) is 0 Å². The van der Waals surface area contributed by atoms with Crippen molar-refractivity contribution in [2.45, 2.75) is 44.9 Å². The second-order valence-corrected chi connectivity index (χ2v) is 12.5. The van der Waals surface area contributed by atoms with Gasteiger partial charge in [-0.1, -0.05) is 11.6 Å². The van der Waals surface area contributed by atoms with Crippen LogP contribution in [0.15, 0.2) is 47.0 Å². The molecule has 1 fully saturated rings. The maximum absolute atomic E-state index is 14.2. The van der Waals surface area contributed by atoms with Gasteiger partial charge in [-0.2, -0.15) is 5.10 Å². The second-order valence-electron chi connectivity index (χ2n) is 12.5. The fourth-order valence-corrected chi connectivity index (χ4v) is 7.17. The first kappa shape index (κ1) is 31.2. The largest absolute Gasteiger partial charge is 0.508 e. The first-order valence-electron chi connectivity index (χ1n) is 14.4. The Balaban J connectivity index is 1.73. The van der Waals surface area contributed by atoms with Crippen molar-refractivity contribution in [2.75, 3.05) is 27.7 Å². The highest BCUT2D eigenvalue weighted by Gasteiger charge is 2.64. The Hall–Kier alpha value is -4.26. The number of carbonyl (C=O) groups excluding carboxylic acids is 3. The van der Waals surface area contributed by atoms with Crippen LogP contribution < -0.4 is 5.73 Å². The minimum absolute atomic E-state index is 0.0200. The van der Waals surface area contributed by atoms with Crippen molar-refractivity contribution < 1.29 is 34.8 Å². The van der Waals surface area contributed by atoms with Gasteiger partial charge in [-0.3, -0.25) is 28.9 Å². The van der Waals surface area contributed by atoms with Crippen molar-refractivity contribution in [3.8, 4) is 16.9 Å². The van der Waals surface area contributed by atoms with E-state index in [0.717, 1.165) is 16.7 Å². The number of aliphatic hydroxyl groups excluding tert-OH is 2. The number of likely N-dealkylation sites (N-methyl/N-ethyl adjacent to an activating group) is 2. The van der Waals surface area contributed by atoms with Gasteiger partial charge in [0.25, 0.3) is 5.91 Å². The number of rotatable bonds is 7. The summed E-state index contributed by atoms with van der Waals surface area (Å²) in [6, 6.07) is 0.726. The molecule has 0 unspecified atom stereocenters. The number of primary amides is 1. The zero-order valence-corrected chi connectivity index (χ0v) is 25.7. The van der Waals surface area contributed by atoms with Crippen LogP contribution in [-0.4, -0.2) is 96.8 Å². The molecule has 0 saturated heterocycles. The van der Waals surface area contributed by atoms with E-state index in [9.17, 15) is 34.8 Å². The third-order valence-electron chi connectivity index (χ3n) is 9.27. The summed E-state index contributed by atoms with van der Waals surface area (Å²) < 4.78 is 1.64. The van der Waals surface area contributed by atoms with Gasteiger partial charge < -0.3 is 26.2 Å². The van der Waals surface area contributed by atoms with Crippen LogP contribution >= 0.6 is 0 Å². The zero-order valence-electron chi connectivity index (χ0n) is 25.7. The molecule has 44 heavy (non-hydrogen) atoms. The van der Waals surface area contributed by atoms with Crippen molar-refractivity contribution in [3.05, 3.63) is 63.7 Å². The van der Waals surface area contributed by atoms with Crippen molar-refractivity contribution in [1.29, 1.82) is 0 Å². The zero-order chi connectivity index (χ0) is 32.4. The predicted octanol–water partition coefficient (Wildman–Crippen LogP) is 1.76. The van der Waals surface area contributed by atoms with Crippen LogP contribution in [0.1, 0.15) is 37.0 Å². The van der Waals surface area contributed by atoms with Gasteiger partial charge in [-0.05, 0) is 70.9 Å². The van der Waals surface area contributed by atoms with Crippen LogP contribution in [0.3, 0.4) is 0 Å². The number of aryl methyl sites for hydroxylation is 1. The first-order valence-corrected chi connectivity index (χ1v) is 14.4. The van der Waals surface area contributed by atoms with Crippen molar-refractivity contribution in [2.24, 2.45) is 24.6 Å². The van der Waals surface area contributed by atoms with E-state index >= 15 is 0 Å². The maximum Gasteiger partial charge on any atom is 0.255 e. The molecule has 1 aromatic heterocycles. The minimum Gasteiger partial charge on any atom is -0.508 e. The van der Waals surface area contributed by atoms with E-state index in [1.54, 1.807) is 32.0 Å². The van der Waals surface area contributed by atoms with Gasteiger partial charge in [0.2, 0.25) is 5.78 Å². The number of benzene rings is 1. The molecule has 0 aliphatic heterocycles. The standard InChI is InChI=1S/C32H39N5O7/c1-7-15(2)12-36(5)13-17-9-19(18-11-34-37(6)14-18)20-8-16-10-21-25(35(3)4)28(40)24(31(33)43)30(42)32(21,44)29(41)22(16)27(39)23(20)26(17)38/h7,9,11,14,16,21,25,38-39,42,44H,8,10,12-13H2,1-6H3,(H2,33,43)/b15-7+/t16-,21-,25-,32-/m0/s1. The Morgan fingerprint density at radius 1 is 1.23 bits per heavy atom. The molecule has 0 bridgehead atoms. The molecule has 234 valence electrons. The average Bonchev–Trinajstić information content (AvgIpc) is 3.37. The second kappa shape index (κ2) is 11.0. The lowest BCUT2D eigenvalue weighted by atomic mass is 9.57. The van der Waals surface area contributed by atoms with Crippen molar-refractivity contribution in [1.82, 2.24) is 19.6 Å².